The first-order valence-electron chi connectivity index (χ1n) is 10.5. The SMILES string of the molecule is Cc1cc2occ(CC(=O)N3CCC(NCC4CC4)CC3)c2cc1C(C)C. The zero-order chi connectivity index (χ0) is 19.0. The van der Waals surface area contributed by atoms with Gasteiger partial charge in [-0.1, -0.05) is 13.8 Å². The smallest absolute Gasteiger partial charge is 0.227 e. The van der Waals surface area contributed by atoms with Gasteiger partial charge in [0.1, 0.15) is 5.58 Å². The van der Waals surface area contributed by atoms with Crippen LogP contribution in [0.5, 0.6) is 0 Å². The van der Waals surface area contributed by atoms with Crippen molar-refractivity contribution in [3.63, 3.8) is 0 Å². The number of likely N-dealkylation sites (tertiary alicyclic amines) is 1. The molecule has 1 saturated heterocycles. The third kappa shape index (κ3) is 4.21. The molecule has 2 heterocycles. The van der Waals surface area contributed by atoms with E-state index in [1.807, 2.05) is 4.90 Å². The van der Waals surface area contributed by atoms with Crippen LogP contribution >= 0.6 is 0 Å². The van der Waals surface area contributed by atoms with Gasteiger partial charge in [0.25, 0.3) is 0 Å². The van der Waals surface area contributed by atoms with Gasteiger partial charge < -0.3 is 14.6 Å². The molecular weight excluding hydrogens is 336 g/mol. The molecule has 1 aromatic heterocycles. The number of hydrogen-bond acceptors (Lipinski definition) is 3. The molecule has 4 heteroatoms. The Morgan fingerprint density at radius 2 is 1.96 bits per heavy atom. The summed E-state index contributed by atoms with van der Waals surface area (Å²) in [7, 11) is 0. The Labute approximate surface area is 162 Å². The number of hydrogen-bond donors (Lipinski definition) is 1. The van der Waals surface area contributed by atoms with E-state index in [1.54, 1.807) is 6.26 Å². The number of carbonyl (C=O) groups excluding carboxylic acids is 1. The predicted octanol–water partition coefficient (Wildman–Crippen LogP) is 4.40. The number of rotatable bonds is 6. The summed E-state index contributed by atoms with van der Waals surface area (Å²) in [5.74, 6) is 1.61. The van der Waals surface area contributed by atoms with Crippen LogP contribution in [-0.4, -0.2) is 36.5 Å². The lowest BCUT2D eigenvalue weighted by Gasteiger charge is -2.32. The maximum absolute atomic E-state index is 12.8. The summed E-state index contributed by atoms with van der Waals surface area (Å²) >= 11 is 0. The zero-order valence-corrected chi connectivity index (χ0v) is 16.9. The highest BCUT2D eigenvalue weighted by Crippen LogP contribution is 2.30. The minimum absolute atomic E-state index is 0.227. The van der Waals surface area contributed by atoms with Crippen molar-refractivity contribution in [2.75, 3.05) is 19.6 Å². The first-order chi connectivity index (χ1) is 13.0. The van der Waals surface area contributed by atoms with Crippen molar-refractivity contribution < 1.29 is 9.21 Å². The van der Waals surface area contributed by atoms with Gasteiger partial charge in [-0.2, -0.15) is 0 Å². The average Bonchev–Trinajstić information content (AvgIpc) is 3.41. The molecule has 0 unspecified atom stereocenters. The molecule has 2 aliphatic rings. The van der Waals surface area contributed by atoms with Gasteiger partial charge in [0.15, 0.2) is 0 Å². The van der Waals surface area contributed by atoms with Crippen LogP contribution in [0.25, 0.3) is 11.0 Å². The molecule has 146 valence electrons. The van der Waals surface area contributed by atoms with E-state index in [2.05, 4.69) is 38.2 Å². The molecule has 0 radical (unpaired) electrons. The average molecular weight is 369 g/mol. The highest BCUT2D eigenvalue weighted by molar-refractivity contribution is 5.88. The minimum Gasteiger partial charge on any atom is -0.464 e. The molecular formula is C23H32N2O2. The molecule has 0 bridgehead atoms. The van der Waals surface area contributed by atoms with Gasteiger partial charge in [0.05, 0.1) is 12.7 Å². The summed E-state index contributed by atoms with van der Waals surface area (Å²) in [5, 5.41) is 4.78. The van der Waals surface area contributed by atoms with Crippen molar-refractivity contribution >= 4 is 16.9 Å². The van der Waals surface area contributed by atoms with Crippen molar-refractivity contribution in [2.24, 2.45) is 5.92 Å². The summed E-state index contributed by atoms with van der Waals surface area (Å²) in [5.41, 5.74) is 4.50. The Morgan fingerprint density at radius 1 is 1.22 bits per heavy atom. The minimum atomic E-state index is 0.227. The molecule has 1 N–H and O–H groups in total. The maximum atomic E-state index is 12.8. The number of fused-ring (bicyclic) bond motifs is 1. The Balaban J connectivity index is 1.38. The van der Waals surface area contributed by atoms with E-state index >= 15 is 0 Å². The van der Waals surface area contributed by atoms with Crippen LogP contribution in [0.15, 0.2) is 22.8 Å². The standard InChI is InChI=1S/C23H32N2O2/c1-15(2)20-12-21-18(14-27-22(21)10-16(20)3)11-23(26)25-8-6-19(7-9-25)24-13-17-4-5-17/h10,12,14-15,17,19,24H,4-9,11,13H2,1-3H3. The number of aryl methyl sites for hydroxylation is 1. The summed E-state index contributed by atoms with van der Waals surface area (Å²) in [6, 6.07) is 4.91. The van der Waals surface area contributed by atoms with E-state index in [1.165, 1.54) is 24.0 Å². The van der Waals surface area contributed by atoms with Gasteiger partial charge >= 0.3 is 0 Å². The third-order valence-electron chi connectivity index (χ3n) is 6.25. The molecule has 2 aromatic rings. The summed E-state index contributed by atoms with van der Waals surface area (Å²) in [6.07, 6.45) is 7.13. The molecule has 0 atom stereocenters. The molecule has 1 saturated carbocycles. The number of carbonyl (C=O) groups is 1. The van der Waals surface area contributed by atoms with Crippen molar-refractivity contribution in [1.82, 2.24) is 10.2 Å². The summed E-state index contributed by atoms with van der Waals surface area (Å²) < 4.78 is 5.75. The van der Waals surface area contributed by atoms with Crippen LogP contribution < -0.4 is 5.32 Å². The first-order valence-corrected chi connectivity index (χ1v) is 10.5. The van der Waals surface area contributed by atoms with Crippen molar-refractivity contribution in [2.45, 2.75) is 64.8 Å². The van der Waals surface area contributed by atoms with Gasteiger partial charge in [-0.15, -0.1) is 0 Å². The molecule has 0 spiro atoms. The predicted molar refractivity (Wildman–Crippen MR) is 109 cm³/mol. The fourth-order valence-corrected chi connectivity index (χ4v) is 4.27. The Hall–Kier alpha value is -1.81. The number of amides is 1. The van der Waals surface area contributed by atoms with Gasteiger partial charge in [-0.25, -0.2) is 0 Å². The van der Waals surface area contributed by atoms with Gasteiger partial charge in [0.2, 0.25) is 5.91 Å². The van der Waals surface area contributed by atoms with Crippen molar-refractivity contribution in [3.8, 4) is 0 Å². The Kier molecular flexibility index (Phi) is 5.27. The van der Waals surface area contributed by atoms with E-state index in [9.17, 15) is 4.79 Å². The molecule has 2 fully saturated rings. The second-order valence-corrected chi connectivity index (χ2v) is 8.80. The number of benzene rings is 1. The van der Waals surface area contributed by atoms with E-state index in [0.717, 1.165) is 54.9 Å². The van der Waals surface area contributed by atoms with E-state index in [0.29, 0.717) is 18.4 Å². The van der Waals surface area contributed by atoms with Crippen LogP contribution in [-0.2, 0) is 11.2 Å². The van der Waals surface area contributed by atoms with Gasteiger partial charge in [0, 0.05) is 30.1 Å². The maximum Gasteiger partial charge on any atom is 0.227 e. The molecule has 1 aliphatic heterocycles. The number of nitrogens with one attached hydrogen (secondary N) is 1. The Morgan fingerprint density at radius 3 is 2.63 bits per heavy atom. The molecule has 4 nitrogen and oxygen atoms in total. The van der Waals surface area contributed by atoms with Crippen molar-refractivity contribution in [3.05, 3.63) is 35.1 Å². The molecule has 1 aromatic carbocycles. The second kappa shape index (κ2) is 7.67. The van der Waals surface area contributed by atoms with E-state index in [4.69, 9.17) is 4.42 Å². The van der Waals surface area contributed by atoms with Crippen molar-refractivity contribution in [1.29, 1.82) is 0 Å². The normalized spacial score (nSPS) is 18.6. The summed E-state index contributed by atoms with van der Waals surface area (Å²) in [4.78, 5) is 14.9. The third-order valence-corrected chi connectivity index (χ3v) is 6.25. The fraction of sp³-hybridized carbons (Fsp3) is 0.609. The van der Waals surface area contributed by atoms with Crippen LogP contribution in [0.4, 0.5) is 0 Å². The lowest BCUT2D eigenvalue weighted by Crippen LogP contribution is -2.45. The Bertz CT molecular complexity index is 811. The first kappa shape index (κ1) is 18.5. The lowest BCUT2D eigenvalue weighted by molar-refractivity contribution is -0.131. The highest BCUT2D eigenvalue weighted by atomic mass is 16.3. The topological polar surface area (TPSA) is 45.5 Å². The quantitative estimate of drug-likeness (QED) is 0.822. The largest absolute Gasteiger partial charge is 0.464 e. The van der Waals surface area contributed by atoms with E-state index in [-0.39, 0.29) is 5.91 Å². The fourth-order valence-electron chi connectivity index (χ4n) is 4.27. The molecule has 27 heavy (non-hydrogen) atoms. The zero-order valence-electron chi connectivity index (χ0n) is 16.9. The lowest BCUT2D eigenvalue weighted by atomic mass is 9.95. The second-order valence-electron chi connectivity index (χ2n) is 8.80. The van der Waals surface area contributed by atoms with Crippen LogP contribution in [0, 0.1) is 12.8 Å². The number of piperidine rings is 1. The van der Waals surface area contributed by atoms with Gasteiger partial charge in [-0.3, -0.25) is 4.79 Å². The number of nitrogens with zero attached hydrogens (tertiary/aromatic N) is 1. The van der Waals surface area contributed by atoms with Gasteiger partial charge in [-0.05, 0) is 74.2 Å². The number of furan rings is 1. The van der Waals surface area contributed by atoms with Crippen LogP contribution in [0.3, 0.4) is 0 Å². The molecule has 4 rings (SSSR count). The molecule has 1 aliphatic carbocycles. The van der Waals surface area contributed by atoms with Crippen LogP contribution in [0.1, 0.15) is 62.1 Å². The summed E-state index contributed by atoms with van der Waals surface area (Å²) in [6.45, 7) is 9.45. The monoisotopic (exact) mass is 368 g/mol. The highest BCUT2D eigenvalue weighted by Gasteiger charge is 2.26. The van der Waals surface area contributed by atoms with E-state index < -0.39 is 0 Å². The molecule has 1 amide bonds. The van der Waals surface area contributed by atoms with Crippen LogP contribution in [0.2, 0.25) is 0 Å².